The normalized spacial score (nSPS) is 32.2. The van der Waals surface area contributed by atoms with Crippen LogP contribution in [0.2, 0.25) is 0 Å². The van der Waals surface area contributed by atoms with Crippen LogP contribution in [-0.2, 0) is 0 Å². The van der Waals surface area contributed by atoms with Gasteiger partial charge in [0.05, 0.1) is 6.54 Å². The van der Waals surface area contributed by atoms with Crippen LogP contribution in [0.25, 0.3) is 0 Å². The van der Waals surface area contributed by atoms with Crippen LogP contribution in [0.5, 0.6) is 0 Å². The van der Waals surface area contributed by atoms with E-state index < -0.39 is 5.92 Å². The first-order valence-corrected chi connectivity index (χ1v) is 4.16. The molecule has 3 heteroatoms. The molecule has 11 heavy (non-hydrogen) atoms. The lowest BCUT2D eigenvalue weighted by molar-refractivity contribution is 0.0194. The lowest BCUT2D eigenvalue weighted by Crippen LogP contribution is -2.28. The SMILES string of the molecule is CCC(C)C1CC(F)(F)CN1. The minimum Gasteiger partial charge on any atom is -0.308 e. The average Bonchev–Trinajstić information content (AvgIpc) is 2.29. The van der Waals surface area contributed by atoms with Crippen molar-refractivity contribution in [2.45, 2.75) is 38.7 Å². The molecule has 0 amide bonds. The van der Waals surface area contributed by atoms with Gasteiger partial charge in [-0.05, 0) is 5.92 Å². The monoisotopic (exact) mass is 163 g/mol. The predicted molar refractivity (Wildman–Crippen MR) is 40.8 cm³/mol. The quantitative estimate of drug-likeness (QED) is 0.656. The molecule has 1 aliphatic heterocycles. The lowest BCUT2D eigenvalue weighted by Gasteiger charge is -2.16. The zero-order valence-corrected chi connectivity index (χ0v) is 7.03. The van der Waals surface area contributed by atoms with Crippen molar-refractivity contribution in [2.24, 2.45) is 5.92 Å². The summed E-state index contributed by atoms with van der Waals surface area (Å²) in [5.74, 6) is -2.10. The Morgan fingerprint density at radius 1 is 1.64 bits per heavy atom. The van der Waals surface area contributed by atoms with E-state index >= 15 is 0 Å². The standard InChI is InChI=1S/C8H15F2N/c1-3-6(2)7-4-8(9,10)5-11-7/h6-7,11H,3-5H2,1-2H3. The van der Waals surface area contributed by atoms with Gasteiger partial charge >= 0.3 is 0 Å². The molecular formula is C8H15F2N. The van der Waals surface area contributed by atoms with Crippen LogP contribution in [0.3, 0.4) is 0 Å². The van der Waals surface area contributed by atoms with E-state index in [1.807, 2.05) is 13.8 Å². The van der Waals surface area contributed by atoms with E-state index in [-0.39, 0.29) is 19.0 Å². The Morgan fingerprint density at radius 3 is 2.64 bits per heavy atom. The molecule has 1 saturated heterocycles. The second-order valence-electron chi connectivity index (χ2n) is 3.43. The Hall–Kier alpha value is -0.180. The van der Waals surface area contributed by atoms with Crippen molar-refractivity contribution >= 4 is 0 Å². The van der Waals surface area contributed by atoms with Crippen molar-refractivity contribution in [2.75, 3.05) is 6.54 Å². The molecule has 0 aromatic carbocycles. The third-order valence-electron chi connectivity index (χ3n) is 2.47. The van der Waals surface area contributed by atoms with Crippen LogP contribution in [0, 0.1) is 5.92 Å². The van der Waals surface area contributed by atoms with Crippen molar-refractivity contribution < 1.29 is 8.78 Å². The highest BCUT2D eigenvalue weighted by Gasteiger charge is 2.40. The van der Waals surface area contributed by atoms with E-state index in [0.717, 1.165) is 6.42 Å². The topological polar surface area (TPSA) is 12.0 Å². The van der Waals surface area contributed by atoms with Crippen molar-refractivity contribution in [1.29, 1.82) is 0 Å². The molecule has 0 bridgehead atoms. The maximum absolute atomic E-state index is 12.6. The van der Waals surface area contributed by atoms with Gasteiger partial charge in [-0.3, -0.25) is 0 Å². The molecule has 2 atom stereocenters. The molecular weight excluding hydrogens is 148 g/mol. The molecule has 0 aromatic rings. The number of halogens is 2. The average molecular weight is 163 g/mol. The number of rotatable bonds is 2. The molecule has 1 fully saturated rings. The molecule has 1 nitrogen and oxygen atoms in total. The summed E-state index contributed by atoms with van der Waals surface area (Å²) in [5, 5.41) is 2.85. The van der Waals surface area contributed by atoms with Gasteiger partial charge in [-0.25, -0.2) is 8.78 Å². The van der Waals surface area contributed by atoms with Crippen molar-refractivity contribution in [1.82, 2.24) is 5.32 Å². The minimum absolute atomic E-state index is 0.0159. The second kappa shape index (κ2) is 3.05. The van der Waals surface area contributed by atoms with Crippen molar-refractivity contribution in [3.05, 3.63) is 0 Å². The van der Waals surface area contributed by atoms with Crippen LogP contribution in [0.4, 0.5) is 8.78 Å². The van der Waals surface area contributed by atoms with E-state index in [1.54, 1.807) is 0 Å². The molecule has 0 aromatic heterocycles. The first-order chi connectivity index (χ1) is 5.05. The molecule has 2 unspecified atom stereocenters. The van der Waals surface area contributed by atoms with E-state index in [0.29, 0.717) is 5.92 Å². The molecule has 1 N–H and O–H groups in total. The molecule has 66 valence electrons. The third kappa shape index (κ3) is 2.12. The fourth-order valence-electron chi connectivity index (χ4n) is 1.43. The summed E-state index contributed by atoms with van der Waals surface area (Å²) >= 11 is 0. The molecule has 0 saturated carbocycles. The molecule has 0 radical (unpaired) electrons. The highest BCUT2D eigenvalue weighted by Crippen LogP contribution is 2.29. The van der Waals surface area contributed by atoms with Crippen LogP contribution in [0.15, 0.2) is 0 Å². The van der Waals surface area contributed by atoms with Crippen LogP contribution < -0.4 is 5.32 Å². The highest BCUT2D eigenvalue weighted by atomic mass is 19.3. The number of hydrogen-bond donors (Lipinski definition) is 1. The zero-order chi connectivity index (χ0) is 8.48. The van der Waals surface area contributed by atoms with Crippen molar-refractivity contribution in [3.63, 3.8) is 0 Å². The summed E-state index contributed by atoms with van der Waals surface area (Å²) in [6.07, 6.45) is 0.982. The van der Waals surface area contributed by atoms with Gasteiger partial charge in [-0.1, -0.05) is 20.3 Å². The van der Waals surface area contributed by atoms with Gasteiger partial charge in [-0.2, -0.15) is 0 Å². The lowest BCUT2D eigenvalue weighted by atomic mass is 9.97. The molecule has 1 rings (SSSR count). The highest BCUT2D eigenvalue weighted by molar-refractivity contribution is 4.89. The van der Waals surface area contributed by atoms with Gasteiger partial charge in [0.2, 0.25) is 0 Å². The summed E-state index contributed by atoms with van der Waals surface area (Å²) in [4.78, 5) is 0. The fraction of sp³-hybridized carbons (Fsp3) is 1.00. The Balaban J connectivity index is 2.41. The number of nitrogens with one attached hydrogen (secondary N) is 1. The van der Waals surface area contributed by atoms with Gasteiger partial charge in [0.25, 0.3) is 5.92 Å². The number of alkyl halides is 2. The summed E-state index contributed by atoms with van der Waals surface area (Å²) in [6, 6.07) is 0.0231. The zero-order valence-electron chi connectivity index (χ0n) is 7.03. The van der Waals surface area contributed by atoms with Gasteiger partial charge in [0, 0.05) is 12.5 Å². The van der Waals surface area contributed by atoms with E-state index in [1.165, 1.54) is 0 Å². The third-order valence-corrected chi connectivity index (χ3v) is 2.47. The Morgan fingerprint density at radius 2 is 2.27 bits per heavy atom. The van der Waals surface area contributed by atoms with Crippen molar-refractivity contribution in [3.8, 4) is 0 Å². The largest absolute Gasteiger partial charge is 0.308 e. The maximum atomic E-state index is 12.6. The minimum atomic E-state index is -2.46. The Labute approximate surface area is 66.2 Å². The van der Waals surface area contributed by atoms with Crippen LogP contribution in [0.1, 0.15) is 26.7 Å². The Bertz CT molecular complexity index is 136. The van der Waals surface area contributed by atoms with Gasteiger partial charge in [0.1, 0.15) is 0 Å². The summed E-state index contributed by atoms with van der Waals surface area (Å²) in [7, 11) is 0. The van der Waals surface area contributed by atoms with E-state index in [4.69, 9.17) is 0 Å². The molecule has 0 aliphatic carbocycles. The predicted octanol–water partition coefficient (Wildman–Crippen LogP) is 2.03. The van der Waals surface area contributed by atoms with Gasteiger partial charge < -0.3 is 5.32 Å². The summed E-state index contributed by atoms with van der Waals surface area (Å²) in [6.45, 7) is 3.91. The first-order valence-electron chi connectivity index (χ1n) is 4.16. The molecule has 1 aliphatic rings. The van der Waals surface area contributed by atoms with Gasteiger partial charge in [0.15, 0.2) is 0 Å². The summed E-state index contributed by atoms with van der Waals surface area (Å²) < 4.78 is 25.3. The Kier molecular flexibility index (Phi) is 2.47. The van der Waals surface area contributed by atoms with Crippen LogP contribution >= 0.6 is 0 Å². The maximum Gasteiger partial charge on any atom is 0.261 e. The van der Waals surface area contributed by atoms with Crippen LogP contribution in [-0.4, -0.2) is 18.5 Å². The smallest absolute Gasteiger partial charge is 0.261 e. The van der Waals surface area contributed by atoms with Gasteiger partial charge in [-0.15, -0.1) is 0 Å². The molecule has 0 spiro atoms. The fourth-order valence-corrected chi connectivity index (χ4v) is 1.43. The second-order valence-corrected chi connectivity index (χ2v) is 3.43. The van der Waals surface area contributed by atoms with E-state index in [9.17, 15) is 8.78 Å². The first kappa shape index (κ1) is 8.91. The van der Waals surface area contributed by atoms with E-state index in [2.05, 4.69) is 5.32 Å². The molecule has 1 heterocycles. The summed E-state index contributed by atoms with van der Waals surface area (Å²) in [5.41, 5.74) is 0. The number of hydrogen-bond acceptors (Lipinski definition) is 1.